The van der Waals surface area contributed by atoms with Crippen molar-refractivity contribution in [3.8, 4) is 0 Å². The van der Waals surface area contributed by atoms with Crippen LogP contribution in [0.15, 0.2) is 24.7 Å². The van der Waals surface area contributed by atoms with E-state index in [1.807, 2.05) is 0 Å². The zero-order valence-electron chi connectivity index (χ0n) is 7.67. The maximum atomic E-state index is 11.3. The highest BCUT2D eigenvalue weighted by Crippen LogP contribution is 2.05. The molecule has 2 rings (SSSR count). The van der Waals surface area contributed by atoms with Crippen LogP contribution in [0.3, 0.4) is 0 Å². The Morgan fingerprint density at radius 3 is 3.29 bits per heavy atom. The summed E-state index contributed by atoms with van der Waals surface area (Å²) < 4.78 is 6.44. The zero-order chi connectivity index (χ0) is 9.97. The van der Waals surface area contributed by atoms with Crippen LogP contribution in [0.4, 0.5) is 0 Å². The summed E-state index contributed by atoms with van der Waals surface area (Å²) >= 11 is 0. The van der Waals surface area contributed by atoms with Crippen LogP contribution in [-0.4, -0.2) is 27.2 Å². The highest BCUT2D eigenvalue weighted by molar-refractivity contribution is 5.90. The fourth-order valence-corrected chi connectivity index (χ4v) is 1.16. The lowest BCUT2D eigenvalue weighted by Gasteiger charge is -2.00. The van der Waals surface area contributed by atoms with Crippen molar-refractivity contribution in [2.45, 2.75) is 6.92 Å². The third-order valence-electron chi connectivity index (χ3n) is 1.79. The van der Waals surface area contributed by atoms with Gasteiger partial charge in [0, 0.05) is 6.20 Å². The third kappa shape index (κ3) is 1.44. The first kappa shape index (κ1) is 8.68. The van der Waals surface area contributed by atoms with Crippen molar-refractivity contribution >= 4 is 11.6 Å². The van der Waals surface area contributed by atoms with E-state index < -0.39 is 0 Å². The normalized spacial score (nSPS) is 10.4. The zero-order valence-corrected chi connectivity index (χ0v) is 7.67. The molecular formula is C9H9N3O2. The second kappa shape index (κ2) is 3.45. The molecule has 0 fully saturated rings. The molecule has 0 bridgehead atoms. The van der Waals surface area contributed by atoms with Gasteiger partial charge in [-0.15, -0.1) is 0 Å². The summed E-state index contributed by atoms with van der Waals surface area (Å²) in [6, 6.07) is 3.30. The lowest BCUT2D eigenvalue weighted by molar-refractivity contribution is 0.0526. The van der Waals surface area contributed by atoms with E-state index >= 15 is 0 Å². The molecule has 5 heteroatoms. The number of hydrogen-bond donors (Lipinski definition) is 0. The molecule has 0 aliphatic heterocycles. The molecule has 0 N–H and O–H groups in total. The molecule has 0 aliphatic carbocycles. The van der Waals surface area contributed by atoms with Gasteiger partial charge in [0.2, 0.25) is 0 Å². The standard InChI is InChI=1S/C9H9N3O2/c1-2-14-9(13)7-3-4-12-8(5-7)10-6-11-12/h3-6H,2H2,1H3. The van der Waals surface area contributed by atoms with Crippen molar-refractivity contribution in [3.05, 3.63) is 30.2 Å². The maximum absolute atomic E-state index is 11.3. The molecule has 0 atom stereocenters. The van der Waals surface area contributed by atoms with Gasteiger partial charge in [-0.25, -0.2) is 14.3 Å². The Labute approximate surface area is 80.3 Å². The Bertz CT molecular complexity index is 464. The Morgan fingerprint density at radius 1 is 1.64 bits per heavy atom. The number of carbonyl (C=O) groups is 1. The van der Waals surface area contributed by atoms with Crippen LogP contribution >= 0.6 is 0 Å². The largest absolute Gasteiger partial charge is 0.462 e. The van der Waals surface area contributed by atoms with Gasteiger partial charge in [-0.2, -0.15) is 5.10 Å². The number of ether oxygens (including phenoxy) is 1. The summed E-state index contributed by atoms with van der Waals surface area (Å²) in [4.78, 5) is 15.3. The van der Waals surface area contributed by atoms with Crippen LogP contribution in [0.25, 0.3) is 5.65 Å². The van der Waals surface area contributed by atoms with Crippen molar-refractivity contribution in [2.75, 3.05) is 6.61 Å². The van der Waals surface area contributed by atoms with Gasteiger partial charge >= 0.3 is 5.97 Å². The number of aromatic nitrogens is 3. The lowest BCUT2D eigenvalue weighted by atomic mass is 10.3. The second-order valence-corrected chi connectivity index (χ2v) is 2.70. The number of pyridine rings is 1. The fraction of sp³-hybridized carbons (Fsp3) is 0.222. The molecule has 14 heavy (non-hydrogen) atoms. The summed E-state index contributed by atoms with van der Waals surface area (Å²) in [6.07, 6.45) is 3.11. The predicted octanol–water partition coefficient (Wildman–Crippen LogP) is 0.906. The Kier molecular flexibility index (Phi) is 2.14. The molecule has 0 saturated carbocycles. The van der Waals surface area contributed by atoms with E-state index in [-0.39, 0.29) is 5.97 Å². The molecule has 2 aromatic heterocycles. The van der Waals surface area contributed by atoms with Gasteiger partial charge < -0.3 is 4.74 Å². The van der Waals surface area contributed by atoms with Crippen molar-refractivity contribution in [1.82, 2.24) is 14.6 Å². The number of fused-ring (bicyclic) bond motifs is 1. The van der Waals surface area contributed by atoms with E-state index in [1.165, 1.54) is 6.33 Å². The molecule has 0 aromatic carbocycles. The fourth-order valence-electron chi connectivity index (χ4n) is 1.16. The van der Waals surface area contributed by atoms with Gasteiger partial charge in [-0.05, 0) is 19.1 Å². The number of hydrogen-bond acceptors (Lipinski definition) is 4. The van der Waals surface area contributed by atoms with E-state index in [0.29, 0.717) is 17.8 Å². The number of nitrogens with zero attached hydrogens (tertiary/aromatic N) is 3. The summed E-state index contributed by atoms with van der Waals surface area (Å²) in [5, 5.41) is 3.92. The maximum Gasteiger partial charge on any atom is 0.338 e. The topological polar surface area (TPSA) is 56.5 Å². The van der Waals surface area contributed by atoms with Crippen LogP contribution in [-0.2, 0) is 4.74 Å². The van der Waals surface area contributed by atoms with E-state index in [0.717, 1.165) is 0 Å². The summed E-state index contributed by atoms with van der Waals surface area (Å²) in [5.41, 5.74) is 1.13. The molecule has 0 amide bonds. The first-order valence-electron chi connectivity index (χ1n) is 4.28. The van der Waals surface area contributed by atoms with Gasteiger partial charge in [0.1, 0.15) is 6.33 Å². The van der Waals surface area contributed by atoms with Crippen LogP contribution in [0.5, 0.6) is 0 Å². The first-order valence-corrected chi connectivity index (χ1v) is 4.28. The molecule has 5 nitrogen and oxygen atoms in total. The van der Waals surface area contributed by atoms with Gasteiger partial charge in [-0.1, -0.05) is 0 Å². The van der Waals surface area contributed by atoms with Crippen molar-refractivity contribution in [2.24, 2.45) is 0 Å². The molecule has 0 aliphatic rings. The van der Waals surface area contributed by atoms with Crippen molar-refractivity contribution in [3.63, 3.8) is 0 Å². The highest BCUT2D eigenvalue weighted by atomic mass is 16.5. The molecule has 0 spiro atoms. The minimum Gasteiger partial charge on any atom is -0.462 e. The van der Waals surface area contributed by atoms with Crippen molar-refractivity contribution in [1.29, 1.82) is 0 Å². The molecule has 0 saturated heterocycles. The van der Waals surface area contributed by atoms with E-state index in [2.05, 4.69) is 10.1 Å². The molecular weight excluding hydrogens is 182 g/mol. The van der Waals surface area contributed by atoms with E-state index in [1.54, 1.807) is 29.8 Å². The van der Waals surface area contributed by atoms with Crippen LogP contribution in [0.2, 0.25) is 0 Å². The molecule has 72 valence electrons. The summed E-state index contributed by atoms with van der Waals surface area (Å²) in [7, 11) is 0. The molecule has 0 unspecified atom stereocenters. The molecule has 0 radical (unpaired) electrons. The summed E-state index contributed by atoms with van der Waals surface area (Å²) in [5.74, 6) is -0.335. The number of rotatable bonds is 2. The Balaban J connectivity index is 2.38. The van der Waals surface area contributed by atoms with Crippen LogP contribution in [0.1, 0.15) is 17.3 Å². The van der Waals surface area contributed by atoms with E-state index in [9.17, 15) is 4.79 Å². The monoisotopic (exact) mass is 191 g/mol. The van der Waals surface area contributed by atoms with Gasteiger partial charge in [0.25, 0.3) is 0 Å². The lowest BCUT2D eigenvalue weighted by Crippen LogP contribution is -2.05. The van der Waals surface area contributed by atoms with E-state index in [4.69, 9.17) is 4.74 Å². The van der Waals surface area contributed by atoms with Crippen LogP contribution < -0.4 is 0 Å². The smallest absolute Gasteiger partial charge is 0.338 e. The second-order valence-electron chi connectivity index (χ2n) is 2.70. The van der Waals surface area contributed by atoms with Crippen molar-refractivity contribution < 1.29 is 9.53 Å². The SMILES string of the molecule is CCOC(=O)c1ccn2ncnc2c1. The quantitative estimate of drug-likeness (QED) is 0.662. The minimum atomic E-state index is -0.335. The Hall–Kier alpha value is -1.91. The first-order chi connectivity index (χ1) is 6.81. The number of esters is 1. The van der Waals surface area contributed by atoms with Gasteiger partial charge in [-0.3, -0.25) is 0 Å². The molecule has 2 aromatic rings. The average Bonchev–Trinajstić information content (AvgIpc) is 2.64. The highest BCUT2D eigenvalue weighted by Gasteiger charge is 2.07. The van der Waals surface area contributed by atoms with Gasteiger partial charge in [0.05, 0.1) is 12.2 Å². The Morgan fingerprint density at radius 2 is 2.50 bits per heavy atom. The average molecular weight is 191 g/mol. The third-order valence-corrected chi connectivity index (χ3v) is 1.79. The minimum absolute atomic E-state index is 0.335. The summed E-state index contributed by atoms with van der Waals surface area (Å²) in [6.45, 7) is 2.14. The van der Waals surface area contributed by atoms with Crippen LogP contribution in [0, 0.1) is 0 Å². The molecule has 2 heterocycles. The number of carbonyl (C=O) groups excluding carboxylic acids is 1. The van der Waals surface area contributed by atoms with Gasteiger partial charge in [0.15, 0.2) is 5.65 Å². The predicted molar refractivity (Wildman–Crippen MR) is 48.9 cm³/mol.